The average molecular weight is 288 g/mol. The summed E-state index contributed by atoms with van der Waals surface area (Å²) in [7, 11) is 1.80. The van der Waals surface area contributed by atoms with E-state index in [0.717, 1.165) is 5.56 Å². The maximum atomic E-state index is 13.2. The summed E-state index contributed by atoms with van der Waals surface area (Å²) in [6.07, 6.45) is 0.525. The topological polar surface area (TPSA) is 25.2 Å². The lowest BCUT2D eigenvalue weighted by atomic mass is 10.0. The van der Waals surface area contributed by atoms with Crippen molar-refractivity contribution in [1.82, 2.24) is 5.32 Å². The normalized spacial score (nSPS) is 12.7. The highest BCUT2D eigenvalue weighted by atomic mass is 35.5. The average Bonchev–Trinajstić information content (AvgIpc) is 2.77. The van der Waals surface area contributed by atoms with E-state index in [-0.39, 0.29) is 11.9 Å². The van der Waals surface area contributed by atoms with Gasteiger partial charge in [0.1, 0.15) is 11.6 Å². The molecule has 1 N–H and O–H groups in total. The summed E-state index contributed by atoms with van der Waals surface area (Å²) in [6.45, 7) is 0. The Kier molecular flexibility index (Phi) is 4.27. The van der Waals surface area contributed by atoms with Crippen molar-refractivity contribution >= 4 is 23.2 Å². The number of hydrogen-bond donors (Lipinski definition) is 1. The molecule has 0 spiro atoms. The first-order chi connectivity index (χ1) is 8.60. The van der Waals surface area contributed by atoms with E-state index in [4.69, 9.17) is 27.6 Å². The van der Waals surface area contributed by atoms with Gasteiger partial charge in [0.2, 0.25) is 0 Å². The zero-order chi connectivity index (χ0) is 13.1. The van der Waals surface area contributed by atoms with Crippen molar-refractivity contribution in [2.45, 2.75) is 12.5 Å². The fraction of sp³-hybridized carbons (Fsp3) is 0.231. The fourth-order valence-electron chi connectivity index (χ4n) is 1.78. The first-order valence-corrected chi connectivity index (χ1v) is 6.22. The van der Waals surface area contributed by atoms with E-state index in [0.29, 0.717) is 22.4 Å². The van der Waals surface area contributed by atoms with Crippen LogP contribution >= 0.6 is 23.2 Å². The van der Waals surface area contributed by atoms with Crippen molar-refractivity contribution in [3.63, 3.8) is 0 Å². The van der Waals surface area contributed by atoms with Crippen molar-refractivity contribution < 1.29 is 8.81 Å². The van der Waals surface area contributed by atoms with E-state index >= 15 is 0 Å². The molecule has 1 unspecified atom stereocenters. The second kappa shape index (κ2) is 5.74. The Bertz CT molecular complexity index is 542. The van der Waals surface area contributed by atoms with Crippen LogP contribution in [0.4, 0.5) is 4.39 Å². The smallest absolute Gasteiger partial charge is 0.193 e. The third kappa shape index (κ3) is 3.05. The van der Waals surface area contributed by atoms with Crippen molar-refractivity contribution in [1.29, 1.82) is 0 Å². The van der Waals surface area contributed by atoms with Gasteiger partial charge in [-0.3, -0.25) is 0 Å². The predicted octanol–water partition coefficient (Wildman–Crippen LogP) is 4.23. The minimum Gasteiger partial charge on any atom is -0.448 e. The van der Waals surface area contributed by atoms with Crippen LogP contribution < -0.4 is 5.32 Å². The summed E-state index contributed by atoms with van der Waals surface area (Å²) in [4.78, 5) is 0. The van der Waals surface area contributed by atoms with E-state index < -0.39 is 0 Å². The lowest BCUT2D eigenvalue weighted by Gasteiger charge is -2.14. The Morgan fingerprint density at radius 3 is 2.67 bits per heavy atom. The molecule has 2 aromatic rings. The summed E-state index contributed by atoms with van der Waals surface area (Å²) in [5.41, 5.74) is 0.725. The monoisotopic (exact) mass is 287 g/mol. The fourth-order valence-corrected chi connectivity index (χ4v) is 2.13. The van der Waals surface area contributed by atoms with Crippen molar-refractivity contribution in [3.8, 4) is 0 Å². The third-order valence-corrected chi connectivity index (χ3v) is 3.29. The Balaban J connectivity index is 2.22. The standard InChI is InChI=1S/C13H12Cl2FNO/c1-17-11(12-4-5-13(15)18-12)7-8-6-9(16)2-3-10(8)14/h2-6,11,17H,7H2,1H3. The number of hydrogen-bond acceptors (Lipinski definition) is 2. The first-order valence-electron chi connectivity index (χ1n) is 5.46. The minimum atomic E-state index is -0.304. The molecule has 0 saturated heterocycles. The second-order valence-corrected chi connectivity index (χ2v) is 4.70. The quantitative estimate of drug-likeness (QED) is 0.910. The summed E-state index contributed by atoms with van der Waals surface area (Å²) in [6, 6.07) is 7.68. The highest BCUT2D eigenvalue weighted by Gasteiger charge is 2.16. The van der Waals surface area contributed by atoms with Crippen molar-refractivity contribution in [3.05, 3.63) is 57.7 Å². The summed E-state index contributed by atoms with van der Waals surface area (Å²) < 4.78 is 18.5. The van der Waals surface area contributed by atoms with Crippen LogP contribution in [0.3, 0.4) is 0 Å². The van der Waals surface area contributed by atoms with E-state index in [1.54, 1.807) is 25.2 Å². The number of nitrogens with one attached hydrogen (secondary N) is 1. The zero-order valence-electron chi connectivity index (χ0n) is 9.71. The highest BCUT2D eigenvalue weighted by Crippen LogP contribution is 2.26. The van der Waals surface area contributed by atoms with Crippen molar-refractivity contribution in [2.75, 3.05) is 7.05 Å². The Morgan fingerprint density at radius 1 is 1.28 bits per heavy atom. The van der Waals surface area contributed by atoms with Gasteiger partial charge >= 0.3 is 0 Å². The van der Waals surface area contributed by atoms with Gasteiger partial charge in [0, 0.05) is 5.02 Å². The van der Waals surface area contributed by atoms with Gasteiger partial charge < -0.3 is 9.73 Å². The van der Waals surface area contributed by atoms with Crippen LogP contribution in [-0.2, 0) is 6.42 Å². The molecule has 0 fully saturated rings. The molecule has 1 heterocycles. The molecule has 0 amide bonds. The van der Waals surface area contributed by atoms with Crippen LogP contribution in [0.5, 0.6) is 0 Å². The molecule has 2 nitrogen and oxygen atoms in total. The predicted molar refractivity (Wildman–Crippen MR) is 70.6 cm³/mol. The number of halogens is 3. The minimum absolute atomic E-state index is 0.100. The van der Waals surface area contributed by atoms with E-state index in [1.807, 2.05) is 0 Å². The molecule has 0 saturated carbocycles. The van der Waals surface area contributed by atoms with Crippen LogP contribution in [0, 0.1) is 5.82 Å². The second-order valence-electron chi connectivity index (χ2n) is 3.92. The molecule has 1 aromatic carbocycles. The van der Waals surface area contributed by atoms with Crippen LogP contribution in [0.1, 0.15) is 17.4 Å². The molecule has 1 aromatic heterocycles. The molecule has 0 aliphatic heterocycles. The highest BCUT2D eigenvalue weighted by molar-refractivity contribution is 6.31. The van der Waals surface area contributed by atoms with Gasteiger partial charge in [0.05, 0.1) is 6.04 Å². The van der Waals surface area contributed by atoms with Crippen LogP contribution in [0.15, 0.2) is 34.7 Å². The van der Waals surface area contributed by atoms with Gasteiger partial charge in [-0.25, -0.2) is 4.39 Å². The van der Waals surface area contributed by atoms with Crippen molar-refractivity contribution in [2.24, 2.45) is 0 Å². The van der Waals surface area contributed by atoms with Crippen LogP contribution in [0.2, 0.25) is 10.2 Å². The Hall–Kier alpha value is -1.03. The van der Waals surface area contributed by atoms with Gasteiger partial charge in [-0.05, 0) is 61.0 Å². The number of rotatable bonds is 4. The molecule has 96 valence electrons. The summed E-state index contributed by atoms with van der Waals surface area (Å²) in [5, 5.41) is 3.96. The van der Waals surface area contributed by atoms with Crippen LogP contribution in [0.25, 0.3) is 0 Å². The lowest BCUT2D eigenvalue weighted by molar-refractivity contribution is 0.430. The van der Waals surface area contributed by atoms with Gasteiger partial charge in [-0.15, -0.1) is 0 Å². The number of likely N-dealkylation sites (N-methyl/N-ethyl adjacent to an activating group) is 1. The van der Waals surface area contributed by atoms with Crippen LogP contribution in [-0.4, -0.2) is 7.05 Å². The van der Waals surface area contributed by atoms with Gasteiger partial charge in [-0.1, -0.05) is 11.6 Å². The van der Waals surface area contributed by atoms with Gasteiger partial charge in [0.25, 0.3) is 0 Å². The van der Waals surface area contributed by atoms with E-state index in [2.05, 4.69) is 5.32 Å². The Morgan fingerprint density at radius 2 is 2.06 bits per heavy atom. The van der Waals surface area contributed by atoms with E-state index in [9.17, 15) is 4.39 Å². The molecular weight excluding hydrogens is 276 g/mol. The summed E-state index contributed by atoms with van der Waals surface area (Å²) in [5.74, 6) is 0.393. The van der Waals surface area contributed by atoms with Gasteiger partial charge in [-0.2, -0.15) is 0 Å². The first kappa shape index (κ1) is 13.4. The molecule has 0 aliphatic carbocycles. The molecule has 0 radical (unpaired) electrons. The molecular formula is C13H12Cl2FNO. The Labute approximate surface area is 115 Å². The molecule has 1 atom stereocenters. The molecule has 5 heteroatoms. The maximum Gasteiger partial charge on any atom is 0.193 e. The van der Waals surface area contributed by atoms with E-state index in [1.165, 1.54) is 12.1 Å². The largest absolute Gasteiger partial charge is 0.448 e. The SMILES string of the molecule is CNC(Cc1cc(F)ccc1Cl)c1ccc(Cl)o1. The molecule has 0 aliphatic rings. The third-order valence-electron chi connectivity index (χ3n) is 2.72. The van der Waals surface area contributed by atoms with Gasteiger partial charge in [0.15, 0.2) is 5.22 Å². The number of furan rings is 1. The molecule has 0 bridgehead atoms. The lowest BCUT2D eigenvalue weighted by Crippen LogP contribution is -2.18. The number of benzene rings is 1. The zero-order valence-corrected chi connectivity index (χ0v) is 11.2. The summed E-state index contributed by atoms with van der Waals surface area (Å²) >= 11 is 11.8. The molecule has 18 heavy (non-hydrogen) atoms. The maximum absolute atomic E-state index is 13.2. The molecule has 2 rings (SSSR count).